The van der Waals surface area contributed by atoms with Gasteiger partial charge in [0.05, 0.1) is 28.2 Å². The largest absolute Gasteiger partial charge is 0.459 e. The van der Waals surface area contributed by atoms with Crippen molar-refractivity contribution in [1.29, 1.82) is 0 Å². The first kappa shape index (κ1) is 42.2. The van der Waals surface area contributed by atoms with Gasteiger partial charge in [0, 0.05) is 41.0 Å². The van der Waals surface area contributed by atoms with Crippen LogP contribution in [0.2, 0.25) is 0 Å². The van der Waals surface area contributed by atoms with E-state index in [1.165, 1.54) is 32.9 Å². The van der Waals surface area contributed by atoms with Crippen LogP contribution in [0.25, 0.3) is 0 Å². The lowest BCUT2D eigenvalue weighted by Gasteiger charge is -2.60. The molecule has 0 amide bonds. The van der Waals surface area contributed by atoms with E-state index in [0.717, 1.165) is 34.6 Å². The van der Waals surface area contributed by atoms with E-state index in [-0.39, 0.29) is 5.56 Å². The first-order chi connectivity index (χ1) is 25.9. The predicted molar refractivity (Wildman–Crippen MR) is 185 cm³/mol. The van der Waals surface area contributed by atoms with Crippen molar-refractivity contribution in [3.8, 4) is 0 Å². The number of hydrogen-bond donors (Lipinski definition) is 2. The van der Waals surface area contributed by atoms with Crippen LogP contribution < -0.4 is 0 Å². The Hall–Kier alpha value is -4.90. The number of rotatable bonds is 9. The van der Waals surface area contributed by atoms with Gasteiger partial charge in [0.15, 0.2) is 24.4 Å². The fourth-order valence-corrected chi connectivity index (χ4v) is 10.3. The zero-order chi connectivity index (χ0) is 41.9. The van der Waals surface area contributed by atoms with Crippen LogP contribution in [0.5, 0.6) is 0 Å². The van der Waals surface area contributed by atoms with Gasteiger partial charge in [-0.25, -0.2) is 9.59 Å². The summed E-state index contributed by atoms with van der Waals surface area (Å²) in [5.74, 6) is -12.3. The van der Waals surface area contributed by atoms with Crippen LogP contribution in [0.4, 0.5) is 0 Å². The molecule has 17 heteroatoms. The number of fused-ring (bicyclic) bond motifs is 5. The molecule has 4 aliphatic rings. The zero-order valence-corrected chi connectivity index (χ0v) is 32.6. The maximum Gasteiger partial charge on any atom is 0.344 e. The Balaban J connectivity index is 1.93. The molecule has 306 valence electrons. The van der Waals surface area contributed by atoms with E-state index in [0.29, 0.717) is 0 Å². The van der Waals surface area contributed by atoms with Gasteiger partial charge in [-0.3, -0.25) is 28.8 Å². The second-order valence-electron chi connectivity index (χ2n) is 16.2. The second kappa shape index (κ2) is 14.6. The molecule has 2 N–H and O–H groups in total. The van der Waals surface area contributed by atoms with Crippen LogP contribution >= 0.6 is 0 Å². The molecule has 4 aliphatic carbocycles. The van der Waals surface area contributed by atoms with Crippen molar-refractivity contribution in [1.82, 2.24) is 0 Å². The van der Waals surface area contributed by atoms with Crippen molar-refractivity contribution in [2.45, 2.75) is 122 Å². The highest BCUT2D eigenvalue weighted by Gasteiger charge is 2.87. The minimum Gasteiger partial charge on any atom is -0.459 e. The summed E-state index contributed by atoms with van der Waals surface area (Å²) >= 11 is 0. The topological polar surface area (TPSA) is 242 Å². The average molecular weight is 789 g/mol. The third-order valence-corrected chi connectivity index (χ3v) is 11.8. The molecule has 0 aliphatic heterocycles. The third kappa shape index (κ3) is 6.71. The average Bonchev–Trinajstić information content (AvgIpc) is 3.40. The second-order valence-corrected chi connectivity index (χ2v) is 16.2. The van der Waals surface area contributed by atoms with E-state index >= 15 is 0 Å². The van der Waals surface area contributed by atoms with E-state index in [1.54, 1.807) is 25.1 Å². The maximum atomic E-state index is 14.9. The van der Waals surface area contributed by atoms with E-state index in [2.05, 4.69) is 0 Å². The molecule has 4 saturated carbocycles. The van der Waals surface area contributed by atoms with E-state index < -0.39 is 143 Å². The molecule has 0 aromatic heterocycles. The molecule has 12 atom stereocenters. The highest BCUT2D eigenvalue weighted by molar-refractivity contribution is 5.93. The molecule has 0 spiro atoms. The van der Waals surface area contributed by atoms with Crippen LogP contribution in [-0.2, 0) is 66.7 Å². The molecule has 56 heavy (non-hydrogen) atoms. The van der Waals surface area contributed by atoms with Crippen LogP contribution in [0.1, 0.15) is 85.5 Å². The lowest BCUT2D eigenvalue weighted by atomic mass is 9.51. The summed E-state index contributed by atoms with van der Waals surface area (Å²) < 4.78 is 40.9. The Labute approximate surface area is 322 Å². The van der Waals surface area contributed by atoms with Gasteiger partial charge in [0.1, 0.15) is 35.3 Å². The Morgan fingerprint density at radius 2 is 1.27 bits per heavy atom. The highest BCUT2D eigenvalue weighted by atomic mass is 16.6. The quantitative estimate of drug-likeness (QED) is 0.266. The number of benzene rings is 1. The summed E-state index contributed by atoms with van der Waals surface area (Å²) in [6, 6.07) is 7.74. The molecular weight excluding hydrogens is 740 g/mol. The maximum absolute atomic E-state index is 14.9. The number of ether oxygens (including phenoxy) is 7. The summed E-state index contributed by atoms with van der Waals surface area (Å²) in [5, 5.41) is 26.5. The SMILES string of the molecule is CC(=O)OCC(=O)OC1C2C(OC(=O)c3ccccc3)C(C)CC2(O)C(OC(C)=O)C2(C)C3C(=O)C(C)(C)C(OC(C)=O)C3(O)CC1(OC(C)=O)C2OC(C)=O. The number of aliphatic hydroxyl groups is 2. The van der Waals surface area contributed by atoms with Crippen molar-refractivity contribution in [2.75, 3.05) is 6.61 Å². The highest BCUT2D eigenvalue weighted by Crippen LogP contribution is 2.70. The van der Waals surface area contributed by atoms with Crippen molar-refractivity contribution in [2.24, 2.45) is 28.6 Å². The molecular formula is C39H48O17. The zero-order valence-electron chi connectivity index (χ0n) is 32.6. The van der Waals surface area contributed by atoms with Gasteiger partial charge in [-0.05, 0) is 38.3 Å². The van der Waals surface area contributed by atoms with Crippen molar-refractivity contribution >= 4 is 47.6 Å². The summed E-state index contributed by atoms with van der Waals surface area (Å²) in [7, 11) is 0. The number of carbonyl (C=O) groups is 8. The fraction of sp³-hybridized carbons (Fsp3) is 0.641. The predicted octanol–water partition coefficient (Wildman–Crippen LogP) is 1.55. The minimum absolute atomic E-state index is 0.0859. The molecule has 0 radical (unpaired) electrons. The molecule has 4 fully saturated rings. The summed E-state index contributed by atoms with van der Waals surface area (Å²) in [6.07, 6.45) is -10.6. The molecule has 1 aromatic carbocycles. The Kier molecular flexibility index (Phi) is 11.0. The van der Waals surface area contributed by atoms with Crippen LogP contribution in [0.3, 0.4) is 0 Å². The number of ketones is 1. The molecule has 0 heterocycles. The van der Waals surface area contributed by atoms with Gasteiger partial charge in [-0.1, -0.05) is 32.0 Å². The van der Waals surface area contributed by atoms with Gasteiger partial charge >= 0.3 is 41.8 Å². The lowest BCUT2D eigenvalue weighted by molar-refractivity contribution is -0.301. The Morgan fingerprint density at radius 1 is 0.714 bits per heavy atom. The van der Waals surface area contributed by atoms with Gasteiger partial charge in [-0.2, -0.15) is 0 Å². The standard InChI is InChI=1S/C39H48O17/c1-18-15-37(48)26(27(18)55-31(47)24-13-11-10-12-14-24)30(54-25(45)16-50-19(2)40)39(56-23(6)44)17-38(49)28(29(46)35(7,8)32(38)51-20(3)41)36(9,33(37)52-21(4)42)34(39)53-22(5)43/h10-14,18,26-28,30,32-34,48-49H,15-17H2,1-9H3. The van der Waals surface area contributed by atoms with Crippen LogP contribution in [-0.4, -0.2) is 112 Å². The Morgan fingerprint density at radius 3 is 1.80 bits per heavy atom. The summed E-state index contributed by atoms with van der Waals surface area (Å²) in [6.45, 7) is 9.67. The third-order valence-electron chi connectivity index (χ3n) is 11.8. The molecule has 5 rings (SSSR count). The molecule has 12 unspecified atom stereocenters. The van der Waals surface area contributed by atoms with Gasteiger partial charge in [0.25, 0.3) is 0 Å². The summed E-state index contributed by atoms with van der Waals surface area (Å²) in [5.41, 5.74) is -11.7. The smallest absolute Gasteiger partial charge is 0.344 e. The number of esters is 7. The normalized spacial score (nSPS) is 37.7. The van der Waals surface area contributed by atoms with Gasteiger partial charge in [0.2, 0.25) is 0 Å². The summed E-state index contributed by atoms with van der Waals surface area (Å²) in [4.78, 5) is 107. The number of carbonyl (C=O) groups excluding carboxylic acids is 8. The minimum atomic E-state index is -2.66. The molecule has 2 bridgehead atoms. The van der Waals surface area contributed by atoms with Crippen molar-refractivity contribution < 1.29 is 81.7 Å². The van der Waals surface area contributed by atoms with Crippen molar-refractivity contribution in [3.63, 3.8) is 0 Å². The molecule has 1 aromatic rings. The fourth-order valence-electron chi connectivity index (χ4n) is 10.3. The van der Waals surface area contributed by atoms with E-state index in [1.807, 2.05) is 0 Å². The van der Waals surface area contributed by atoms with E-state index in [4.69, 9.17) is 33.2 Å². The first-order valence-corrected chi connectivity index (χ1v) is 18.2. The molecule has 17 nitrogen and oxygen atoms in total. The monoisotopic (exact) mass is 788 g/mol. The first-order valence-electron chi connectivity index (χ1n) is 18.2. The van der Waals surface area contributed by atoms with Crippen LogP contribution in [0, 0.1) is 28.6 Å². The van der Waals surface area contributed by atoms with Gasteiger partial charge in [-0.15, -0.1) is 0 Å². The molecule has 0 saturated heterocycles. The number of Topliss-reactive ketones (excluding diaryl/α,β-unsaturated/α-hetero) is 1. The lowest BCUT2D eigenvalue weighted by Crippen LogP contribution is -2.76. The van der Waals surface area contributed by atoms with Crippen molar-refractivity contribution in [3.05, 3.63) is 35.9 Å². The van der Waals surface area contributed by atoms with Crippen LogP contribution in [0.15, 0.2) is 30.3 Å². The Bertz CT molecular complexity index is 1820. The number of hydrogen-bond acceptors (Lipinski definition) is 17. The van der Waals surface area contributed by atoms with Gasteiger partial charge < -0.3 is 43.4 Å². The van der Waals surface area contributed by atoms with E-state index in [9.17, 15) is 48.6 Å².